The van der Waals surface area contributed by atoms with E-state index in [1.54, 1.807) is 19.3 Å². The first-order valence-electron chi connectivity index (χ1n) is 5.45. The van der Waals surface area contributed by atoms with Crippen molar-refractivity contribution in [1.29, 1.82) is 0 Å². The van der Waals surface area contributed by atoms with E-state index in [2.05, 4.69) is 0 Å². The quantitative estimate of drug-likeness (QED) is 0.491. The molecule has 6 aliphatic carbocycles. The third-order valence-corrected chi connectivity index (χ3v) is 5.64. The van der Waals surface area contributed by atoms with E-state index < -0.39 is 0 Å². The minimum absolute atomic E-state index is 1.27. The van der Waals surface area contributed by atoms with Gasteiger partial charge in [-0.1, -0.05) is 0 Å². The van der Waals surface area contributed by atoms with E-state index in [1.807, 2.05) is 0 Å². The van der Waals surface area contributed by atoms with Gasteiger partial charge in [0, 0.05) is 0 Å². The van der Waals surface area contributed by atoms with Crippen LogP contribution in [0.5, 0.6) is 0 Å². The fourth-order valence-corrected chi connectivity index (χ4v) is 5.27. The molecule has 0 aromatic rings. The monoisotopic (exact) mass is 146 g/mol. The third kappa shape index (κ3) is 0.363. The molecule has 0 N–H and O–H groups in total. The molecule has 58 valence electrons. The molecular formula is C11H14. The van der Waals surface area contributed by atoms with Gasteiger partial charge in [0.15, 0.2) is 0 Å². The molecule has 0 heteroatoms. The van der Waals surface area contributed by atoms with Crippen molar-refractivity contribution in [3.05, 3.63) is 0 Å². The second-order valence-corrected chi connectivity index (χ2v) is 5.84. The van der Waals surface area contributed by atoms with Crippen LogP contribution in [-0.2, 0) is 0 Å². The highest BCUT2D eigenvalue weighted by atomic mass is 14.8. The minimum atomic E-state index is 1.27. The van der Waals surface area contributed by atoms with Crippen molar-refractivity contribution in [1.82, 2.24) is 0 Å². The van der Waals surface area contributed by atoms with Crippen LogP contribution in [0.15, 0.2) is 0 Å². The third-order valence-electron chi connectivity index (χ3n) is 5.64. The molecule has 0 radical (unpaired) electrons. The molecule has 0 aromatic carbocycles. The fourth-order valence-electron chi connectivity index (χ4n) is 5.27. The Labute approximate surface area is 67.4 Å². The van der Waals surface area contributed by atoms with E-state index >= 15 is 0 Å². The molecule has 0 aliphatic heterocycles. The van der Waals surface area contributed by atoms with Crippen molar-refractivity contribution >= 4 is 0 Å². The largest absolute Gasteiger partial charge is 0.0465 e. The number of hydrogen-bond donors (Lipinski definition) is 0. The Morgan fingerprint density at radius 2 is 0.727 bits per heavy atom. The normalized spacial score (nSPS) is 85.1. The van der Waals surface area contributed by atoms with Gasteiger partial charge >= 0.3 is 0 Å². The maximum atomic E-state index is 1.66. The van der Waals surface area contributed by atoms with Crippen LogP contribution in [0.2, 0.25) is 0 Å². The average molecular weight is 146 g/mol. The van der Waals surface area contributed by atoms with Crippen molar-refractivity contribution < 1.29 is 0 Å². The van der Waals surface area contributed by atoms with E-state index in [4.69, 9.17) is 0 Å². The van der Waals surface area contributed by atoms with Crippen LogP contribution < -0.4 is 0 Å². The summed E-state index contributed by atoms with van der Waals surface area (Å²) in [5.74, 6) is 10.2. The van der Waals surface area contributed by atoms with Crippen LogP contribution >= 0.6 is 0 Å². The van der Waals surface area contributed by atoms with Gasteiger partial charge in [-0.15, -0.1) is 0 Å². The molecule has 6 aliphatic rings. The van der Waals surface area contributed by atoms with Gasteiger partial charge in [-0.05, 0) is 66.6 Å². The summed E-state index contributed by atoms with van der Waals surface area (Å²) in [5.41, 5.74) is 0. The zero-order valence-electron chi connectivity index (χ0n) is 6.74. The summed E-state index contributed by atoms with van der Waals surface area (Å²) in [4.78, 5) is 0. The van der Waals surface area contributed by atoms with Crippen molar-refractivity contribution in [2.24, 2.45) is 47.3 Å². The Morgan fingerprint density at radius 3 is 1.00 bits per heavy atom. The molecule has 2 bridgehead atoms. The predicted molar refractivity (Wildman–Crippen MR) is 41.8 cm³/mol. The Hall–Kier alpha value is 0. The van der Waals surface area contributed by atoms with E-state index in [1.165, 1.54) is 47.3 Å². The van der Waals surface area contributed by atoms with Gasteiger partial charge in [-0.3, -0.25) is 0 Å². The lowest BCUT2D eigenvalue weighted by molar-refractivity contribution is 0.132. The van der Waals surface area contributed by atoms with Crippen LogP contribution in [0.25, 0.3) is 0 Å². The summed E-state index contributed by atoms with van der Waals surface area (Å²) in [5, 5.41) is 0. The molecule has 0 heterocycles. The lowest BCUT2D eigenvalue weighted by Gasteiger charge is -2.34. The van der Waals surface area contributed by atoms with Gasteiger partial charge in [0.05, 0.1) is 0 Å². The molecule has 11 heavy (non-hydrogen) atoms. The van der Waals surface area contributed by atoms with Gasteiger partial charge in [0.2, 0.25) is 0 Å². The lowest BCUT2D eigenvalue weighted by atomic mass is 9.71. The summed E-state index contributed by atoms with van der Waals surface area (Å²) >= 11 is 0. The summed E-state index contributed by atoms with van der Waals surface area (Å²) in [7, 11) is 0. The van der Waals surface area contributed by atoms with Gasteiger partial charge in [-0.2, -0.15) is 0 Å². The fraction of sp³-hybridized carbons (Fsp3) is 1.00. The molecular weight excluding hydrogens is 132 g/mol. The first kappa shape index (κ1) is 4.89. The second kappa shape index (κ2) is 1.11. The highest BCUT2D eigenvalue weighted by Gasteiger charge is 2.76. The van der Waals surface area contributed by atoms with Crippen LogP contribution in [-0.4, -0.2) is 0 Å². The second-order valence-electron chi connectivity index (χ2n) is 5.84. The summed E-state index contributed by atoms with van der Waals surface area (Å²) < 4.78 is 0. The summed E-state index contributed by atoms with van der Waals surface area (Å²) in [6, 6.07) is 0. The first-order chi connectivity index (χ1) is 5.45. The maximum absolute atomic E-state index is 1.66. The van der Waals surface area contributed by atoms with Gasteiger partial charge < -0.3 is 0 Å². The van der Waals surface area contributed by atoms with Crippen molar-refractivity contribution in [3.63, 3.8) is 0 Å². The van der Waals surface area contributed by atoms with Crippen LogP contribution in [0.1, 0.15) is 19.3 Å². The summed E-state index contributed by atoms with van der Waals surface area (Å²) in [6.07, 6.45) is 4.99. The van der Waals surface area contributed by atoms with Crippen molar-refractivity contribution in [2.45, 2.75) is 19.3 Å². The molecule has 0 unspecified atom stereocenters. The first-order valence-corrected chi connectivity index (χ1v) is 5.45. The molecule has 6 rings (SSSR count). The molecule has 0 spiro atoms. The number of hydrogen-bond acceptors (Lipinski definition) is 0. The highest BCUT2D eigenvalue weighted by molar-refractivity contribution is 5.24. The smallest absolute Gasteiger partial charge is 0.0320 e. The van der Waals surface area contributed by atoms with Crippen LogP contribution in [0.3, 0.4) is 0 Å². The van der Waals surface area contributed by atoms with Gasteiger partial charge in [0.1, 0.15) is 0 Å². The van der Waals surface area contributed by atoms with Gasteiger partial charge in [-0.25, -0.2) is 0 Å². The van der Waals surface area contributed by atoms with E-state index in [-0.39, 0.29) is 0 Å². The zero-order valence-corrected chi connectivity index (χ0v) is 6.74. The standard InChI is InChI=1S/C11H14/c1-4-5(1)11-7-2-6(7)10(4)8-3-9(8)11/h4-11H,1-3H2/t4-,5-,6-,7+,8-,9+,10?,11?/m1/s1. The molecule has 0 aromatic heterocycles. The van der Waals surface area contributed by atoms with E-state index in [0.717, 1.165) is 0 Å². The Balaban J connectivity index is 1.77. The molecule has 6 saturated carbocycles. The topological polar surface area (TPSA) is 0 Å². The minimum Gasteiger partial charge on any atom is -0.0465 e. The molecule has 0 amide bonds. The molecule has 0 nitrogen and oxygen atoms in total. The van der Waals surface area contributed by atoms with Crippen molar-refractivity contribution in [3.8, 4) is 0 Å². The zero-order chi connectivity index (χ0) is 6.74. The van der Waals surface area contributed by atoms with E-state index in [0.29, 0.717) is 0 Å². The van der Waals surface area contributed by atoms with Crippen LogP contribution in [0, 0.1) is 47.3 Å². The average Bonchev–Trinajstić information content (AvgIpc) is 2.79. The predicted octanol–water partition coefficient (Wildman–Crippen LogP) is 2.15. The molecule has 6 atom stereocenters. The molecule has 0 saturated heterocycles. The Bertz CT molecular complexity index is 190. The maximum Gasteiger partial charge on any atom is -0.0320 e. The lowest BCUT2D eigenvalue weighted by Crippen LogP contribution is -2.30. The highest BCUT2D eigenvalue weighted by Crippen LogP contribution is 2.82. The SMILES string of the molecule is C1[C@@H]2C3[C@H]4C[C@H]4C([C@H]12)[C@@H]1C[C@@H]31. The van der Waals surface area contributed by atoms with Crippen LogP contribution in [0.4, 0.5) is 0 Å². The Morgan fingerprint density at radius 1 is 0.455 bits per heavy atom. The van der Waals surface area contributed by atoms with E-state index in [9.17, 15) is 0 Å². The van der Waals surface area contributed by atoms with Crippen molar-refractivity contribution in [2.75, 3.05) is 0 Å². The van der Waals surface area contributed by atoms with Gasteiger partial charge in [0.25, 0.3) is 0 Å². The Kier molecular flexibility index (Phi) is 0.494. The number of rotatable bonds is 0. The molecule has 6 fully saturated rings. The summed E-state index contributed by atoms with van der Waals surface area (Å²) in [6.45, 7) is 0.